The van der Waals surface area contributed by atoms with Crippen molar-refractivity contribution in [3.63, 3.8) is 0 Å². The van der Waals surface area contributed by atoms with E-state index < -0.39 is 12.5 Å². The third kappa shape index (κ3) is 4.91. The molecule has 0 aliphatic carbocycles. The van der Waals surface area contributed by atoms with Crippen molar-refractivity contribution in [1.82, 2.24) is 5.32 Å². The number of hydrogen-bond acceptors (Lipinski definition) is 3. The summed E-state index contributed by atoms with van der Waals surface area (Å²) in [4.78, 5) is 26.1. The summed E-state index contributed by atoms with van der Waals surface area (Å²) >= 11 is 11.9. The van der Waals surface area contributed by atoms with Crippen LogP contribution in [0.4, 0.5) is 14.5 Å². The molecule has 5 nitrogen and oxygen atoms in total. The van der Waals surface area contributed by atoms with Crippen molar-refractivity contribution < 1.29 is 23.1 Å². The highest BCUT2D eigenvalue weighted by Gasteiger charge is 2.35. The summed E-state index contributed by atoms with van der Waals surface area (Å²) in [6.45, 7) is -2.60. The van der Waals surface area contributed by atoms with Gasteiger partial charge in [-0.05, 0) is 29.8 Å². The Labute approximate surface area is 170 Å². The van der Waals surface area contributed by atoms with E-state index in [9.17, 15) is 18.4 Å². The summed E-state index contributed by atoms with van der Waals surface area (Å²) in [6, 6.07) is 10.8. The van der Waals surface area contributed by atoms with Crippen LogP contribution < -0.4 is 15.0 Å². The normalized spacial score (nSPS) is 16.5. The molecule has 0 spiro atoms. The fourth-order valence-corrected chi connectivity index (χ4v) is 3.43. The zero-order chi connectivity index (χ0) is 20.3. The van der Waals surface area contributed by atoms with Crippen LogP contribution in [0.5, 0.6) is 5.75 Å². The fourth-order valence-electron chi connectivity index (χ4n) is 2.95. The summed E-state index contributed by atoms with van der Waals surface area (Å²) in [5.41, 5.74) is 1.11. The molecule has 0 aromatic heterocycles. The van der Waals surface area contributed by atoms with E-state index in [2.05, 4.69) is 10.1 Å². The van der Waals surface area contributed by atoms with Gasteiger partial charge in [0.2, 0.25) is 11.8 Å². The largest absolute Gasteiger partial charge is 0.435 e. The first-order valence-corrected chi connectivity index (χ1v) is 9.16. The summed E-state index contributed by atoms with van der Waals surface area (Å²) in [6.07, 6.45) is 0.0279. The van der Waals surface area contributed by atoms with Crippen LogP contribution in [-0.4, -0.2) is 25.0 Å². The van der Waals surface area contributed by atoms with Crippen LogP contribution in [0.15, 0.2) is 42.5 Å². The SMILES string of the molecule is O=C(NCc1ccc(Cl)cc1Cl)C1CC(=O)N(c2cccc(OC(F)F)c2)C1. The lowest BCUT2D eigenvalue weighted by molar-refractivity contribution is -0.126. The summed E-state index contributed by atoms with van der Waals surface area (Å²) in [5.74, 6) is -1.16. The lowest BCUT2D eigenvalue weighted by Crippen LogP contribution is -2.32. The van der Waals surface area contributed by atoms with E-state index in [1.54, 1.807) is 24.3 Å². The highest BCUT2D eigenvalue weighted by molar-refractivity contribution is 6.35. The first-order valence-electron chi connectivity index (χ1n) is 8.40. The van der Waals surface area contributed by atoms with Crippen molar-refractivity contribution in [3.8, 4) is 5.75 Å². The fraction of sp³-hybridized carbons (Fsp3) is 0.263. The molecule has 2 aromatic rings. The molecule has 1 unspecified atom stereocenters. The molecule has 1 aliphatic rings. The molecule has 1 saturated heterocycles. The Balaban J connectivity index is 1.63. The van der Waals surface area contributed by atoms with Crippen LogP contribution in [0, 0.1) is 5.92 Å². The first kappa shape index (κ1) is 20.4. The molecule has 1 atom stereocenters. The molecular formula is C19H16Cl2F2N2O3. The van der Waals surface area contributed by atoms with E-state index in [0.717, 1.165) is 0 Å². The van der Waals surface area contributed by atoms with Gasteiger partial charge in [-0.1, -0.05) is 35.3 Å². The van der Waals surface area contributed by atoms with Gasteiger partial charge in [0.15, 0.2) is 0 Å². The number of hydrogen-bond donors (Lipinski definition) is 1. The minimum absolute atomic E-state index is 0.0279. The molecule has 28 heavy (non-hydrogen) atoms. The maximum atomic E-state index is 12.4. The third-order valence-corrected chi connectivity index (χ3v) is 4.91. The Morgan fingerprint density at radius 1 is 1.25 bits per heavy atom. The second kappa shape index (κ2) is 8.75. The maximum absolute atomic E-state index is 12.4. The van der Waals surface area contributed by atoms with E-state index in [1.165, 1.54) is 23.1 Å². The van der Waals surface area contributed by atoms with Crippen molar-refractivity contribution in [1.29, 1.82) is 0 Å². The second-order valence-corrected chi connectivity index (χ2v) is 7.08. The number of ether oxygens (including phenoxy) is 1. The average Bonchev–Trinajstić information content (AvgIpc) is 3.02. The minimum atomic E-state index is -2.96. The zero-order valence-electron chi connectivity index (χ0n) is 14.5. The van der Waals surface area contributed by atoms with E-state index in [1.807, 2.05) is 0 Å². The Morgan fingerprint density at radius 3 is 2.75 bits per heavy atom. The molecule has 1 heterocycles. The lowest BCUT2D eigenvalue weighted by Gasteiger charge is -2.18. The molecule has 1 N–H and O–H groups in total. The van der Waals surface area contributed by atoms with Gasteiger partial charge in [-0.25, -0.2) is 0 Å². The summed E-state index contributed by atoms with van der Waals surface area (Å²) < 4.78 is 29.1. The highest BCUT2D eigenvalue weighted by Crippen LogP contribution is 2.29. The van der Waals surface area contributed by atoms with Gasteiger partial charge in [0.1, 0.15) is 5.75 Å². The summed E-state index contributed by atoms with van der Waals surface area (Å²) in [5, 5.41) is 3.70. The predicted octanol–water partition coefficient (Wildman–Crippen LogP) is 4.26. The number of amides is 2. The molecule has 2 aromatic carbocycles. The van der Waals surface area contributed by atoms with Crippen LogP contribution in [0.1, 0.15) is 12.0 Å². The van der Waals surface area contributed by atoms with Gasteiger partial charge in [0, 0.05) is 41.3 Å². The topological polar surface area (TPSA) is 58.6 Å². The third-order valence-electron chi connectivity index (χ3n) is 4.32. The molecule has 148 valence electrons. The monoisotopic (exact) mass is 428 g/mol. The quantitative estimate of drug-likeness (QED) is 0.747. The molecule has 2 amide bonds. The number of carbonyl (C=O) groups is 2. The van der Waals surface area contributed by atoms with Crippen LogP contribution in [0.2, 0.25) is 10.0 Å². The number of benzene rings is 2. The molecule has 0 radical (unpaired) electrons. The second-order valence-electron chi connectivity index (χ2n) is 6.23. The van der Waals surface area contributed by atoms with Gasteiger partial charge in [-0.15, -0.1) is 0 Å². The van der Waals surface area contributed by atoms with Crippen LogP contribution in [-0.2, 0) is 16.1 Å². The van der Waals surface area contributed by atoms with Crippen molar-refractivity contribution in [3.05, 3.63) is 58.1 Å². The van der Waals surface area contributed by atoms with Crippen LogP contribution in [0.25, 0.3) is 0 Å². The number of anilines is 1. The van der Waals surface area contributed by atoms with Gasteiger partial charge in [-0.3, -0.25) is 9.59 Å². The van der Waals surface area contributed by atoms with Crippen LogP contribution >= 0.6 is 23.2 Å². The van der Waals surface area contributed by atoms with E-state index >= 15 is 0 Å². The van der Waals surface area contributed by atoms with Crippen molar-refractivity contribution in [2.45, 2.75) is 19.6 Å². The van der Waals surface area contributed by atoms with Gasteiger partial charge < -0.3 is 15.0 Å². The number of alkyl halides is 2. The van der Waals surface area contributed by atoms with Gasteiger partial charge in [0.05, 0.1) is 5.92 Å². The Kier molecular flexibility index (Phi) is 6.36. The van der Waals surface area contributed by atoms with Gasteiger partial charge in [0.25, 0.3) is 0 Å². The molecule has 3 rings (SSSR count). The maximum Gasteiger partial charge on any atom is 0.387 e. The smallest absolute Gasteiger partial charge is 0.387 e. The van der Waals surface area contributed by atoms with E-state index in [0.29, 0.717) is 21.3 Å². The standard InChI is InChI=1S/C19H16Cl2F2N2O3/c20-13-5-4-11(16(21)7-13)9-24-18(27)12-6-17(26)25(10-12)14-2-1-3-15(8-14)28-19(22)23/h1-5,7-8,12,19H,6,9-10H2,(H,24,27). The summed E-state index contributed by atoms with van der Waals surface area (Å²) in [7, 11) is 0. The number of carbonyl (C=O) groups excluding carboxylic acids is 2. The van der Waals surface area contributed by atoms with Crippen LogP contribution in [0.3, 0.4) is 0 Å². The lowest BCUT2D eigenvalue weighted by atomic mass is 10.1. The Bertz CT molecular complexity index is 895. The van der Waals surface area contributed by atoms with E-state index in [4.69, 9.17) is 23.2 Å². The van der Waals surface area contributed by atoms with Gasteiger partial charge >= 0.3 is 6.61 Å². The average molecular weight is 429 g/mol. The molecule has 0 bridgehead atoms. The van der Waals surface area contributed by atoms with Gasteiger partial charge in [-0.2, -0.15) is 8.78 Å². The number of nitrogens with zero attached hydrogens (tertiary/aromatic N) is 1. The zero-order valence-corrected chi connectivity index (χ0v) is 16.0. The molecule has 9 heteroatoms. The molecule has 1 aliphatic heterocycles. The predicted molar refractivity (Wildman–Crippen MR) is 102 cm³/mol. The first-order chi connectivity index (χ1) is 13.3. The number of rotatable bonds is 6. The number of nitrogens with one attached hydrogen (secondary N) is 1. The molecular weight excluding hydrogens is 413 g/mol. The van der Waals surface area contributed by atoms with Crippen molar-refractivity contribution >= 4 is 40.7 Å². The van der Waals surface area contributed by atoms with Crippen molar-refractivity contribution in [2.75, 3.05) is 11.4 Å². The Hall–Kier alpha value is -2.38. The van der Waals surface area contributed by atoms with Crippen molar-refractivity contribution in [2.24, 2.45) is 5.92 Å². The molecule has 0 saturated carbocycles. The van der Waals surface area contributed by atoms with E-state index in [-0.39, 0.29) is 37.1 Å². The highest BCUT2D eigenvalue weighted by atomic mass is 35.5. The minimum Gasteiger partial charge on any atom is -0.435 e. The Morgan fingerprint density at radius 2 is 2.04 bits per heavy atom. The number of halogens is 4. The molecule has 1 fully saturated rings.